The minimum absolute atomic E-state index is 0.0979. The summed E-state index contributed by atoms with van der Waals surface area (Å²) in [5, 5.41) is 19.0. The molecule has 1 aliphatic rings. The zero-order valence-electron chi connectivity index (χ0n) is 16.4. The predicted octanol–water partition coefficient (Wildman–Crippen LogP) is 1.79. The van der Waals surface area contributed by atoms with Crippen LogP contribution in [0.5, 0.6) is 0 Å². The van der Waals surface area contributed by atoms with Gasteiger partial charge in [0.1, 0.15) is 0 Å². The van der Waals surface area contributed by atoms with Crippen molar-refractivity contribution in [3.05, 3.63) is 47.8 Å². The van der Waals surface area contributed by atoms with Crippen LogP contribution in [0.25, 0.3) is 0 Å². The Morgan fingerprint density at radius 2 is 1.93 bits per heavy atom. The molecular weight excluding hydrogens is 342 g/mol. The van der Waals surface area contributed by atoms with E-state index in [0.29, 0.717) is 25.1 Å². The van der Waals surface area contributed by atoms with Gasteiger partial charge in [-0.1, -0.05) is 35.5 Å². The molecule has 1 aromatic carbocycles. The Morgan fingerprint density at radius 3 is 2.56 bits per heavy atom. The quantitative estimate of drug-likeness (QED) is 0.838. The zero-order chi connectivity index (χ0) is 19.4. The van der Waals surface area contributed by atoms with Crippen LogP contribution in [0.1, 0.15) is 42.7 Å². The highest BCUT2D eigenvalue weighted by atomic mass is 16.3. The summed E-state index contributed by atoms with van der Waals surface area (Å²) < 4.78 is 1.59. The van der Waals surface area contributed by atoms with Crippen LogP contribution in [-0.2, 0) is 13.1 Å². The summed E-state index contributed by atoms with van der Waals surface area (Å²) in [6.07, 6.45) is 2.99. The molecule has 0 atom stereocenters. The number of likely N-dealkylation sites (tertiary alicyclic amines) is 1. The first-order valence-electron chi connectivity index (χ1n) is 9.52. The lowest BCUT2D eigenvalue weighted by atomic mass is 9.91. The number of piperidine rings is 1. The standard InChI is InChI=1S/C20H29N5O2/c1-16(2)23(3)19(26)18-14-25(22-21-18)15-20(27)9-11-24(12-10-20)13-17-7-5-4-6-8-17/h4-8,14,16,27H,9-13,15H2,1-3H3. The molecule has 146 valence electrons. The minimum atomic E-state index is -0.814. The fourth-order valence-electron chi connectivity index (χ4n) is 3.32. The van der Waals surface area contributed by atoms with E-state index in [4.69, 9.17) is 0 Å². The zero-order valence-corrected chi connectivity index (χ0v) is 16.4. The first kappa shape index (κ1) is 19.5. The molecule has 0 unspecified atom stereocenters. The molecule has 7 heteroatoms. The topological polar surface area (TPSA) is 74.5 Å². The van der Waals surface area contributed by atoms with Crippen LogP contribution in [0.3, 0.4) is 0 Å². The number of benzene rings is 1. The van der Waals surface area contributed by atoms with Crippen molar-refractivity contribution in [2.24, 2.45) is 0 Å². The normalized spacial score (nSPS) is 17.2. The summed E-state index contributed by atoms with van der Waals surface area (Å²) in [4.78, 5) is 16.3. The summed E-state index contributed by atoms with van der Waals surface area (Å²) >= 11 is 0. The molecule has 1 fully saturated rings. The van der Waals surface area contributed by atoms with Gasteiger partial charge < -0.3 is 10.0 Å². The maximum atomic E-state index is 12.3. The van der Waals surface area contributed by atoms with Crippen molar-refractivity contribution in [2.75, 3.05) is 20.1 Å². The first-order chi connectivity index (χ1) is 12.9. The molecule has 1 aliphatic heterocycles. The fourth-order valence-corrected chi connectivity index (χ4v) is 3.32. The van der Waals surface area contributed by atoms with Gasteiger partial charge in [0, 0.05) is 32.7 Å². The maximum Gasteiger partial charge on any atom is 0.276 e. The van der Waals surface area contributed by atoms with E-state index < -0.39 is 5.60 Å². The van der Waals surface area contributed by atoms with Crippen molar-refractivity contribution in [3.63, 3.8) is 0 Å². The number of amides is 1. The predicted molar refractivity (Wildman–Crippen MR) is 103 cm³/mol. The maximum absolute atomic E-state index is 12.3. The molecule has 1 N–H and O–H groups in total. The molecular formula is C20H29N5O2. The van der Waals surface area contributed by atoms with Crippen LogP contribution in [0, 0.1) is 0 Å². The summed E-state index contributed by atoms with van der Waals surface area (Å²) in [5.41, 5.74) is 0.790. The van der Waals surface area contributed by atoms with Crippen LogP contribution in [0.4, 0.5) is 0 Å². The van der Waals surface area contributed by atoms with Crippen molar-refractivity contribution >= 4 is 5.91 Å². The number of aromatic nitrogens is 3. The SMILES string of the molecule is CC(C)N(C)C(=O)c1cn(CC2(O)CCN(Cc3ccccc3)CC2)nn1. The van der Waals surface area contributed by atoms with E-state index >= 15 is 0 Å². The van der Waals surface area contributed by atoms with Crippen LogP contribution < -0.4 is 0 Å². The third-order valence-electron chi connectivity index (χ3n) is 5.34. The minimum Gasteiger partial charge on any atom is -0.388 e. The summed E-state index contributed by atoms with van der Waals surface area (Å²) in [6, 6.07) is 10.5. The van der Waals surface area contributed by atoms with E-state index in [0.717, 1.165) is 19.6 Å². The average molecular weight is 371 g/mol. The van der Waals surface area contributed by atoms with Crippen molar-refractivity contribution in [1.82, 2.24) is 24.8 Å². The average Bonchev–Trinajstić information content (AvgIpc) is 3.11. The smallest absolute Gasteiger partial charge is 0.276 e. The van der Waals surface area contributed by atoms with E-state index in [2.05, 4.69) is 39.5 Å². The molecule has 2 aromatic rings. The molecule has 27 heavy (non-hydrogen) atoms. The van der Waals surface area contributed by atoms with Crippen LogP contribution in [-0.4, -0.2) is 67.6 Å². The monoisotopic (exact) mass is 371 g/mol. The third kappa shape index (κ3) is 4.93. The van der Waals surface area contributed by atoms with Crippen molar-refractivity contribution < 1.29 is 9.90 Å². The second-order valence-electron chi connectivity index (χ2n) is 7.80. The number of nitrogens with zero attached hydrogens (tertiary/aromatic N) is 5. The Labute approximate surface area is 160 Å². The summed E-state index contributed by atoms with van der Waals surface area (Å²) in [7, 11) is 1.75. The van der Waals surface area contributed by atoms with Gasteiger partial charge >= 0.3 is 0 Å². The fraction of sp³-hybridized carbons (Fsp3) is 0.550. The van der Waals surface area contributed by atoms with Crippen LogP contribution in [0.15, 0.2) is 36.5 Å². The van der Waals surface area contributed by atoms with Crippen molar-refractivity contribution in [2.45, 2.75) is 51.4 Å². The number of carbonyl (C=O) groups excluding carboxylic acids is 1. The van der Waals surface area contributed by atoms with Crippen LogP contribution in [0.2, 0.25) is 0 Å². The van der Waals surface area contributed by atoms with E-state index in [1.807, 2.05) is 19.9 Å². The number of rotatable bonds is 6. The molecule has 0 aliphatic carbocycles. The Hall–Kier alpha value is -2.25. The lowest BCUT2D eigenvalue weighted by molar-refractivity contribution is -0.0383. The molecule has 0 saturated carbocycles. The second-order valence-corrected chi connectivity index (χ2v) is 7.80. The highest BCUT2D eigenvalue weighted by Gasteiger charge is 2.33. The van der Waals surface area contributed by atoms with Gasteiger partial charge in [-0.25, -0.2) is 4.68 Å². The van der Waals surface area contributed by atoms with Gasteiger partial charge in [0.2, 0.25) is 0 Å². The summed E-state index contributed by atoms with van der Waals surface area (Å²) in [6.45, 7) is 6.84. The Kier molecular flexibility index (Phi) is 5.92. The molecule has 1 aromatic heterocycles. The lowest BCUT2D eigenvalue weighted by Gasteiger charge is -2.38. The van der Waals surface area contributed by atoms with Gasteiger partial charge in [0.15, 0.2) is 5.69 Å². The Morgan fingerprint density at radius 1 is 1.26 bits per heavy atom. The number of hydrogen-bond donors (Lipinski definition) is 1. The van der Waals surface area contributed by atoms with E-state index in [9.17, 15) is 9.90 Å². The molecule has 3 rings (SSSR count). The Bertz CT molecular complexity index is 751. The Balaban J connectivity index is 1.55. The van der Waals surface area contributed by atoms with E-state index in [1.165, 1.54) is 5.56 Å². The van der Waals surface area contributed by atoms with Gasteiger partial charge in [0.05, 0.1) is 18.3 Å². The van der Waals surface area contributed by atoms with Gasteiger partial charge in [-0.05, 0) is 32.3 Å². The largest absolute Gasteiger partial charge is 0.388 e. The van der Waals surface area contributed by atoms with Gasteiger partial charge in [-0.2, -0.15) is 0 Å². The van der Waals surface area contributed by atoms with Crippen LogP contribution >= 0.6 is 0 Å². The van der Waals surface area contributed by atoms with E-state index in [-0.39, 0.29) is 11.9 Å². The molecule has 2 heterocycles. The molecule has 0 radical (unpaired) electrons. The number of aliphatic hydroxyl groups is 1. The van der Waals surface area contributed by atoms with Gasteiger partial charge in [-0.15, -0.1) is 5.10 Å². The van der Waals surface area contributed by atoms with Crippen molar-refractivity contribution in [1.29, 1.82) is 0 Å². The molecule has 1 saturated heterocycles. The van der Waals surface area contributed by atoms with Crippen molar-refractivity contribution in [3.8, 4) is 0 Å². The second kappa shape index (κ2) is 8.19. The third-order valence-corrected chi connectivity index (χ3v) is 5.34. The lowest BCUT2D eigenvalue weighted by Crippen LogP contribution is -2.46. The van der Waals surface area contributed by atoms with E-state index in [1.54, 1.807) is 22.8 Å². The molecule has 0 spiro atoms. The molecule has 1 amide bonds. The molecule has 7 nitrogen and oxygen atoms in total. The summed E-state index contributed by atoms with van der Waals surface area (Å²) in [5.74, 6) is -0.152. The van der Waals surface area contributed by atoms with Gasteiger partial charge in [-0.3, -0.25) is 9.69 Å². The molecule has 0 bridgehead atoms. The first-order valence-corrected chi connectivity index (χ1v) is 9.52. The number of carbonyl (C=O) groups is 1. The number of hydrogen-bond acceptors (Lipinski definition) is 5. The van der Waals surface area contributed by atoms with Gasteiger partial charge in [0.25, 0.3) is 5.91 Å². The highest BCUT2D eigenvalue weighted by Crippen LogP contribution is 2.25. The highest BCUT2D eigenvalue weighted by molar-refractivity contribution is 5.91.